The number of ether oxygens (including phenoxy) is 4. The lowest BCUT2D eigenvalue weighted by molar-refractivity contribution is 0.0954. The zero-order valence-electron chi connectivity index (χ0n) is 20.0. The monoisotopic (exact) mass is 496 g/mol. The highest BCUT2D eigenvalue weighted by atomic mass is 35.5. The molecule has 3 rings (SSSR count). The molecule has 0 saturated carbocycles. The fraction of sp³-hybridized carbons (Fsp3) is 0.259. The second-order valence-corrected chi connectivity index (χ2v) is 7.72. The molecule has 0 aliphatic rings. The van der Waals surface area contributed by atoms with Gasteiger partial charge < -0.3 is 18.9 Å². The van der Waals surface area contributed by atoms with E-state index in [2.05, 4.69) is 10.5 Å². The molecule has 0 aliphatic heterocycles. The molecule has 0 fully saturated rings. The van der Waals surface area contributed by atoms with E-state index in [9.17, 15) is 4.79 Å². The molecule has 0 bridgehead atoms. The van der Waals surface area contributed by atoms with Crippen molar-refractivity contribution in [2.24, 2.45) is 5.10 Å². The first-order chi connectivity index (χ1) is 17.0. The van der Waals surface area contributed by atoms with Crippen LogP contribution in [0.1, 0.15) is 42.3 Å². The first-order valence-corrected chi connectivity index (χ1v) is 11.8. The lowest BCUT2D eigenvalue weighted by Crippen LogP contribution is -2.17. The number of rotatable bonds is 12. The van der Waals surface area contributed by atoms with Gasteiger partial charge in [-0.3, -0.25) is 4.79 Å². The summed E-state index contributed by atoms with van der Waals surface area (Å²) in [5, 5.41) is 4.74. The molecule has 0 radical (unpaired) electrons. The molecule has 0 spiro atoms. The predicted molar refractivity (Wildman–Crippen MR) is 137 cm³/mol. The van der Waals surface area contributed by atoms with Crippen LogP contribution in [-0.2, 0) is 6.61 Å². The molecule has 7 nitrogen and oxygen atoms in total. The molecule has 1 amide bonds. The molecule has 184 valence electrons. The Morgan fingerprint density at radius 2 is 1.49 bits per heavy atom. The lowest BCUT2D eigenvalue weighted by atomic mass is 10.2. The first-order valence-electron chi connectivity index (χ1n) is 11.4. The Morgan fingerprint density at radius 3 is 2.20 bits per heavy atom. The largest absolute Gasteiger partial charge is 0.490 e. The Balaban J connectivity index is 1.66. The number of hydrogen-bond acceptors (Lipinski definition) is 6. The summed E-state index contributed by atoms with van der Waals surface area (Å²) in [4.78, 5) is 12.6. The van der Waals surface area contributed by atoms with Crippen molar-refractivity contribution in [3.8, 4) is 23.0 Å². The summed E-state index contributed by atoms with van der Waals surface area (Å²) in [6.07, 6.45) is 1.54. The highest BCUT2D eigenvalue weighted by Gasteiger charge is 2.11. The van der Waals surface area contributed by atoms with Crippen LogP contribution in [-0.4, -0.2) is 31.9 Å². The van der Waals surface area contributed by atoms with Crippen molar-refractivity contribution in [3.63, 3.8) is 0 Å². The van der Waals surface area contributed by atoms with Crippen LogP contribution < -0.4 is 24.4 Å². The van der Waals surface area contributed by atoms with Crippen molar-refractivity contribution in [2.45, 2.75) is 27.4 Å². The summed E-state index contributed by atoms with van der Waals surface area (Å²) < 4.78 is 22.8. The zero-order valence-corrected chi connectivity index (χ0v) is 20.8. The van der Waals surface area contributed by atoms with E-state index in [1.54, 1.807) is 36.5 Å². The quantitative estimate of drug-likeness (QED) is 0.250. The Bertz CT molecular complexity index is 1170. The van der Waals surface area contributed by atoms with Gasteiger partial charge in [0.15, 0.2) is 23.0 Å². The molecule has 0 atom stereocenters. The van der Waals surface area contributed by atoms with Gasteiger partial charge >= 0.3 is 0 Å². The van der Waals surface area contributed by atoms with E-state index >= 15 is 0 Å². The molecular formula is C27H29ClN2O5. The summed E-state index contributed by atoms with van der Waals surface area (Å²) in [7, 11) is 0. The SMILES string of the molecule is CCOc1ccc(C(=O)N/N=C/c2ccc(OCc3cccc(Cl)c3)c(OCC)c2)cc1OCC. The third-order valence-corrected chi connectivity index (χ3v) is 4.97. The van der Waals surface area contributed by atoms with Crippen molar-refractivity contribution < 1.29 is 23.7 Å². The highest BCUT2D eigenvalue weighted by Crippen LogP contribution is 2.30. The van der Waals surface area contributed by atoms with Crippen LogP contribution in [0.5, 0.6) is 23.0 Å². The van der Waals surface area contributed by atoms with Gasteiger partial charge in [-0.25, -0.2) is 5.43 Å². The summed E-state index contributed by atoms with van der Waals surface area (Å²) in [6, 6.07) is 17.9. The number of hydrazone groups is 1. The second-order valence-electron chi connectivity index (χ2n) is 7.28. The molecule has 0 saturated heterocycles. The molecule has 0 unspecified atom stereocenters. The number of benzene rings is 3. The number of carbonyl (C=O) groups is 1. The number of nitrogens with zero attached hydrogens (tertiary/aromatic N) is 1. The van der Waals surface area contributed by atoms with Gasteiger partial charge in [-0.15, -0.1) is 0 Å². The van der Waals surface area contributed by atoms with Crippen molar-refractivity contribution in [2.75, 3.05) is 19.8 Å². The van der Waals surface area contributed by atoms with Crippen LogP contribution in [0, 0.1) is 0 Å². The van der Waals surface area contributed by atoms with Gasteiger partial charge in [-0.05, 0) is 80.4 Å². The molecule has 35 heavy (non-hydrogen) atoms. The Hall–Kier alpha value is -3.71. The van der Waals surface area contributed by atoms with E-state index in [0.717, 1.165) is 11.1 Å². The van der Waals surface area contributed by atoms with Crippen molar-refractivity contribution in [1.29, 1.82) is 0 Å². The third-order valence-electron chi connectivity index (χ3n) is 4.74. The molecule has 3 aromatic rings. The maximum absolute atomic E-state index is 12.6. The fourth-order valence-electron chi connectivity index (χ4n) is 3.20. The third kappa shape index (κ3) is 7.65. The van der Waals surface area contributed by atoms with Gasteiger partial charge in [0.1, 0.15) is 6.61 Å². The smallest absolute Gasteiger partial charge is 0.271 e. The number of carbonyl (C=O) groups excluding carboxylic acids is 1. The average Bonchev–Trinajstić information content (AvgIpc) is 2.85. The molecule has 0 aromatic heterocycles. The van der Waals surface area contributed by atoms with Crippen LogP contribution in [0.2, 0.25) is 5.02 Å². The van der Waals surface area contributed by atoms with Gasteiger partial charge in [0, 0.05) is 10.6 Å². The highest BCUT2D eigenvalue weighted by molar-refractivity contribution is 6.30. The number of amides is 1. The number of halogens is 1. The second kappa shape index (κ2) is 13.2. The van der Waals surface area contributed by atoms with Gasteiger partial charge in [0.2, 0.25) is 0 Å². The Kier molecular flexibility index (Phi) is 9.80. The van der Waals surface area contributed by atoms with Crippen molar-refractivity contribution >= 4 is 23.7 Å². The minimum Gasteiger partial charge on any atom is -0.490 e. The van der Waals surface area contributed by atoms with Gasteiger partial charge in [0.05, 0.1) is 26.0 Å². The molecule has 8 heteroatoms. The first kappa shape index (κ1) is 25.9. The maximum atomic E-state index is 12.6. The number of nitrogens with one attached hydrogen (secondary N) is 1. The minimum absolute atomic E-state index is 0.357. The standard InChI is InChI=1S/C27H29ClN2O5/c1-4-32-23-13-11-21(16-26(23)34-6-3)27(31)30-29-17-19-10-12-24(25(15-19)33-5-2)35-18-20-8-7-9-22(28)14-20/h7-17H,4-6,18H2,1-3H3,(H,30,31)/b29-17+. The van der Waals surface area contributed by atoms with Gasteiger partial charge in [-0.2, -0.15) is 5.10 Å². The molecule has 3 aromatic carbocycles. The van der Waals surface area contributed by atoms with E-state index < -0.39 is 0 Å². The molecule has 0 heterocycles. The van der Waals surface area contributed by atoms with E-state index in [4.69, 9.17) is 30.5 Å². The Labute approximate surface area is 210 Å². The van der Waals surface area contributed by atoms with Crippen LogP contribution in [0.15, 0.2) is 65.8 Å². The summed E-state index contributed by atoms with van der Waals surface area (Å²) in [6.45, 7) is 7.46. The topological polar surface area (TPSA) is 78.4 Å². The van der Waals surface area contributed by atoms with Gasteiger partial charge in [0.25, 0.3) is 5.91 Å². The lowest BCUT2D eigenvalue weighted by Gasteiger charge is -2.13. The van der Waals surface area contributed by atoms with Crippen LogP contribution in [0.25, 0.3) is 0 Å². The summed E-state index contributed by atoms with van der Waals surface area (Å²) in [5.41, 5.74) is 4.64. The van der Waals surface area contributed by atoms with E-state index in [1.165, 1.54) is 0 Å². The zero-order chi connectivity index (χ0) is 25.0. The number of hydrogen-bond donors (Lipinski definition) is 1. The molecule has 1 N–H and O–H groups in total. The van der Waals surface area contributed by atoms with Gasteiger partial charge in [-0.1, -0.05) is 23.7 Å². The maximum Gasteiger partial charge on any atom is 0.271 e. The average molecular weight is 497 g/mol. The van der Waals surface area contributed by atoms with Crippen LogP contribution >= 0.6 is 11.6 Å². The van der Waals surface area contributed by atoms with Crippen molar-refractivity contribution in [3.05, 3.63) is 82.4 Å². The molecular weight excluding hydrogens is 468 g/mol. The summed E-state index contributed by atoms with van der Waals surface area (Å²) >= 11 is 6.04. The molecule has 0 aliphatic carbocycles. The minimum atomic E-state index is -0.364. The predicted octanol–water partition coefficient (Wildman–Crippen LogP) is 5.88. The fourth-order valence-corrected chi connectivity index (χ4v) is 3.42. The van der Waals surface area contributed by atoms with Crippen molar-refractivity contribution in [1.82, 2.24) is 5.43 Å². The van der Waals surface area contributed by atoms with E-state index in [-0.39, 0.29) is 5.91 Å². The Morgan fingerprint density at radius 1 is 0.829 bits per heavy atom. The normalized spacial score (nSPS) is 10.7. The summed E-state index contributed by atoms with van der Waals surface area (Å²) in [5.74, 6) is 1.93. The van der Waals surface area contributed by atoms with Crippen LogP contribution in [0.3, 0.4) is 0 Å². The van der Waals surface area contributed by atoms with E-state index in [1.807, 2.05) is 51.1 Å². The van der Waals surface area contributed by atoms with Crippen LogP contribution in [0.4, 0.5) is 0 Å². The van der Waals surface area contributed by atoms with E-state index in [0.29, 0.717) is 60.0 Å².